The normalized spacial score (nSPS) is 10.7. The molecule has 2 aromatic heterocycles. The third-order valence-corrected chi connectivity index (χ3v) is 4.70. The predicted molar refractivity (Wildman–Crippen MR) is 87.1 cm³/mol. The molecule has 3 aromatic rings. The standard InChI is InChI=1S/C18H17NS/c1-3-16-10-15(12-20-16)18-8-4-7-17(13(18)2)14-6-5-9-19-11-14/h4-12H,3H2,1-2H3. The van der Waals surface area contributed by atoms with Crippen molar-refractivity contribution in [1.29, 1.82) is 0 Å². The van der Waals surface area contributed by atoms with Crippen LogP contribution in [0.2, 0.25) is 0 Å². The maximum absolute atomic E-state index is 4.22. The molecule has 0 fully saturated rings. The molecule has 3 rings (SSSR count). The molecule has 100 valence electrons. The molecule has 1 nitrogen and oxygen atoms in total. The summed E-state index contributed by atoms with van der Waals surface area (Å²) < 4.78 is 0. The Morgan fingerprint density at radius 1 is 1.05 bits per heavy atom. The minimum Gasteiger partial charge on any atom is -0.264 e. The highest BCUT2D eigenvalue weighted by Crippen LogP contribution is 2.33. The lowest BCUT2D eigenvalue weighted by Crippen LogP contribution is -1.88. The second kappa shape index (κ2) is 5.59. The Morgan fingerprint density at radius 2 is 1.85 bits per heavy atom. The molecule has 20 heavy (non-hydrogen) atoms. The summed E-state index contributed by atoms with van der Waals surface area (Å²) in [6.45, 7) is 4.40. The van der Waals surface area contributed by atoms with Gasteiger partial charge in [0.2, 0.25) is 0 Å². The molecule has 0 atom stereocenters. The Morgan fingerprint density at radius 3 is 2.50 bits per heavy atom. The Labute approximate surface area is 124 Å². The van der Waals surface area contributed by atoms with Gasteiger partial charge in [-0.15, -0.1) is 11.3 Å². The highest BCUT2D eigenvalue weighted by Gasteiger charge is 2.09. The fraction of sp³-hybridized carbons (Fsp3) is 0.167. The number of hydrogen-bond acceptors (Lipinski definition) is 2. The summed E-state index contributed by atoms with van der Waals surface area (Å²) in [6.07, 6.45) is 4.85. The smallest absolute Gasteiger partial charge is 0.0346 e. The van der Waals surface area contributed by atoms with Gasteiger partial charge in [-0.3, -0.25) is 4.98 Å². The number of pyridine rings is 1. The monoisotopic (exact) mass is 279 g/mol. The van der Waals surface area contributed by atoms with Gasteiger partial charge < -0.3 is 0 Å². The zero-order valence-corrected chi connectivity index (χ0v) is 12.6. The summed E-state index contributed by atoms with van der Waals surface area (Å²) in [7, 11) is 0. The fourth-order valence-corrected chi connectivity index (χ4v) is 3.33. The first-order valence-corrected chi connectivity index (χ1v) is 7.75. The van der Waals surface area contributed by atoms with Crippen LogP contribution in [0.5, 0.6) is 0 Å². The van der Waals surface area contributed by atoms with Crippen LogP contribution in [0.25, 0.3) is 22.3 Å². The lowest BCUT2D eigenvalue weighted by molar-refractivity contribution is 1.19. The molecule has 0 aliphatic rings. The number of aryl methyl sites for hydroxylation is 1. The van der Waals surface area contributed by atoms with Crippen molar-refractivity contribution >= 4 is 11.3 Å². The topological polar surface area (TPSA) is 12.9 Å². The Kier molecular flexibility index (Phi) is 3.66. The number of nitrogens with zero attached hydrogens (tertiary/aromatic N) is 1. The minimum absolute atomic E-state index is 1.10. The van der Waals surface area contributed by atoms with E-state index in [1.165, 1.54) is 32.7 Å². The van der Waals surface area contributed by atoms with Crippen molar-refractivity contribution in [3.63, 3.8) is 0 Å². The Balaban J connectivity index is 2.10. The Bertz CT molecular complexity index is 713. The predicted octanol–water partition coefficient (Wildman–Crippen LogP) is 5.35. The van der Waals surface area contributed by atoms with E-state index in [1.54, 1.807) is 0 Å². The van der Waals surface area contributed by atoms with Gasteiger partial charge in [-0.25, -0.2) is 0 Å². The molecule has 2 heteroatoms. The maximum Gasteiger partial charge on any atom is 0.0346 e. The van der Waals surface area contributed by atoms with E-state index in [4.69, 9.17) is 0 Å². The molecule has 0 radical (unpaired) electrons. The molecule has 0 aliphatic heterocycles. The third kappa shape index (κ3) is 2.39. The van der Waals surface area contributed by atoms with Gasteiger partial charge in [0.1, 0.15) is 0 Å². The summed E-state index contributed by atoms with van der Waals surface area (Å²) in [5.74, 6) is 0. The molecule has 0 aliphatic carbocycles. The molecule has 2 heterocycles. The van der Waals surface area contributed by atoms with Crippen molar-refractivity contribution < 1.29 is 0 Å². The number of thiophene rings is 1. The first kappa shape index (κ1) is 13.1. The summed E-state index contributed by atoms with van der Waals surface area (Å²) in [4.78, 5) is 5.66. The van der Waals surface area contributed by atoms with Crippen LogP contribution in [0.15, 0.2) is 54.2 Å². The Hall–Kier alpha value is -1.93. The van der Waals surface area contributed by atoms with Crippen LogP contribution in [0, 0.1) is 6.92 Å². The van der Waals surface area contributed by atoms with Crippen molar-refractivity contribution in [2.75, 3.05) is 0 Å². The average molecular weight is 279 g/mol. The van der Waals surface area contributed by atoms with Crippen LogP contribution in [0.3, 0.4) is 0 Å². The number of rotatable bonds is 3. The van der Waals surface area contributed by atoms with Gasteiger partial charge in [0, 0.05) is 22.8 Å². The first-order valence-electron chi connectivity index (χ1n) is 6.87. The van der Waals surface area contributed by atoms with Crippen molar-refractivity contribution in [3.05, 3.63) is 64.6 Å². The lowest BCUT2D eigenvalue weighted by atomic mass is 9.94. The molecule has 0 spiro atoms. The van der Waals surface area contributed by atoms with Crippen molar-refractivity contribution in [3.8, 4) is 22.3 Å². The maximum atomic E-state index is 4.22. The van der Waals surface area contributed by atoms with Crippen LogP contribution in [-0.2, 0) is 6.42 Å². The number of benzene rings is 1. The molecule has 0 bridgehead atoms. The van der Waals surface area contributed by atoms with E-state index < -0.39 is 0 Å². The second-order valence-corrected chi connectivity index (χ2v) is 5.87. The minimum atomic E-state index is 1.10. The second-order valence-electron chi connectivity index (χ2n) is 4.88. The largest absolute Gasteiger partial charge is 0.264 e. The van der Waals surface area contributed by atoms with E-state index in [9.17, 15) is 0 Å². The summed E-state index contributed by atoms with van der Waals surface area (Å²) in [6, 6.07) is 12.9. The van der Waals surface area contributed by atoms with Crippen LogP contribution in [0.1, 0.15) is 17.4 Å². The van der Waals surface area contributed by atoms with Gasteiger partial charge in [-0.2, -0.15) is 0 Å². The zero-order chi connectivity index (χ0) is 13.9. The van der Waals surface area contributed by atoms with E-state index in [-0.39, 0.29) is 0 Å². The molecule has 0 N–H and O–H groups in total. The van der Waals surface area contributed by atoms with Gasteiger partial charge in [0.25, 0.3) is 0 Å². The van der Waals surface area contributed by atoms with Crippen molar-refractivity contribution in [1.82, 2.24) is 4.98 Å². The average Bonchev–Trinajstić information content (AvgIpc) is 2.97. The quantitative estimate of drug-likeness (QED) is 0.630. The van der Waals surface area contributed by atoms with E-state index in [1.807, 2.05) is 29.8 Å². The molecule has 0 amide bonds. The molecular formula is C18H17NS. The highest BCUT2D eigenvalue weighted by atomic mass is 32.1. The first-order chi connectivity index (χ1) is 9.79. The van der Waals surface area contributed by atoms with Gasteiger partial charge in [-0.05, 0) is 53.1 Å². The van der Waals surface area contributed by atoms with Gasteiger partial charge >= 0.3 is 0 Å². The number of hydrogen-bond donors (Lipinski definition) is 0. The van der Waals surface area contributed by atoms with Gasteiger partial charge in [0.05, 0.1) is 0 Å². The van der Waals surface area contributed by atoms with Gasteiger partial charge in [0.15, 0.2) is 0 Å². The van der Waals surface area contributed by atoms with Crippen LogP contribution in [-0.4, -0.2) is 4.98 Å². The molecule has 0 saturated carbocycles. The van der Waals surface area contributed by atoms with Crippen molar-refractivity contribution in [2.24, 2.45) is 0 Å². The van der Waals surface area contributed by atoms with E-state index >= 15 is 0 Å². The van der Waals surface area contributed by atoms with Crippen LogP contribution in [0.4, 0.5) is 0 Å². The third-order valence-electron chi connectivity index (χ3n) is 3.62. The molecule has 0 saturated heterocycles. The van der Waals surface area contributed by atoms with Crippen LogP contribution < -0.4 is 0 Å². The van der Waals surface area contributed by atoms with Crippen molar-refractivity contribution in [2.45, 2.75) is 20.3 Å². The molecular weight excluding hydrogens is 262 g/mol. The SMILES string of the molecule is CCc1cc(-c2cccc(-c3cccnc3)c2C)cs1. The zero-order valence-electron chi connectivity index (χ0n) is 11.8. The van der Waals surface area contributed by atoms with Gasteiger partial charge in [-0.1, -0.05) is 31.2 Å². The van der Waals surface area contributed by atoms with E-state index in [0.29, 0.717) is 0 Å². The summed E-state index contributed by atoms with van der Waals surface area (Å²) >= 11 is 1.84. The van der Waals surface area contributed by atoms with E-state index in [0.717, 1.165) is 6.42 Å². The molecule has 1 aromatic carbocycles. The highest BCUT2D eigenvalue weighted by molar-refractivity contribution is 7.10. The summed E-state index contributed by atoms with van der Waals surface area (Å²) in [5, 5.41) is 2.26. The van der Waals surface area contributed by atoms with Crippen LogP contribution >= 0.6 is 11.3 Å². The summed E-state index contributed by atoms with van der Waals surface area (Å²) in [5.41, 5.74) is 6.41. The lowest BCUT2D eigenvalue weighted by Gasteiger charge is -2.10. The fourth-order valence-electron chi connectivity index (χ4n) is 2.49. The number of aromatic nitrogens is 1. The van der Waals surface area contributed by atoms with E-state index in [2.05, 4.69) is 54.5 Å². The molecule has 0 unspecified atom stereocenters.